The molecule has 5 heteroatoms. The van der Waals surface area contributed by atoms with E-state index in [4.69, 9.17) is 4.99 Å². The molecule has 25 heavy (non-hydrogen) atoms. The molecule has 4 nitrogen and oxygen atoms in total. The highest BCUT2D eigenvalue weighted by Gasteiger charge is 2.22. The van der Waals surface area contributed by atoms with Crippen LogP contribution in [0.15, 0.2) is 29.3 Å². The standard InChI is InChI=1S/C20H33N3O.HI/c1-5-21-19(23-17-9-11-18(24)12-10-17)22-14-20(3,4)16-8-6-7-15(2)13-16;/h6-8,13,17-18,24H,5,9-12,14H2,1-4H3,(H2,21,22,23);1H. The first kappa shape index (κ1) is 22.2. The Morgan fingerprint density at radius 1 is 1.24 bits per heavy atom. The highest BCUT2D eigenvalue weighted by molar-refractivity contribution is 14.0. The Balaban J connectivity index is 0.00000312. The van der Waals surface area contributed by atoms with Crippen LogP contribution >= 0.6 is 24.0 Å². The van der Waals surface area contributed by atoms with Crippen molar-refractivity contribution < 1.29 is 5.11 Å². The summed E-state index contributed by atoms with van der Waals surface area (Å²) < 4.78 is 0. The second-order valence-corrected chi connectivity index (χ2v) is 7.60. The predicted octanol–water partition coefficient (Wildman–Crippen LogP) is 3.75. The number of rotatable bonds is 5. The van der Waals surface area contributed by atoms with Gasteiger partial charge < -0.3 is 15.7 Å². The van der Waals surface area contributed by atoms with Crippen molar-refractivity contribution in [2.75, 3.05) is 13.1 Å². The molecule has 1 aliphatic carbocycles. The number of hydrogen-bond donors (Lipinski definition) is 3. The molecule has 0 aromatic heterocycles. The van der Waals surface area contributed by atoms with E-state index in [1.807, 2.05) is 0 Å². The van der Waals surface area contributed by atoms with E-state index in [1.165, 1.54) is 11.1 Å². The third kappa shape index (κ3) is 7.13. The van der Waals surface area contributed by atoms with E-state index in [-0.39, 0.29) is 35.5 Å². The van der Waals surface area contributed by atoms with Crippen LogP contribution in [0.3, 0.4) is 0 Å². The molecular formula is C20H34IN3O. The molecule has 1 aromatic carbocycles. The molecule has 2 rings (SSSR count). The summed E-state index contributed by atoms with van der Waals surface area (Å²) in [6, 6.07) is 9.09. The van der Waals surface area contributed by atoms with Crippen LogP contribution in [0.4, 0.5) is 0 Å². The zero-order chi connectivity index (χ0) is 17.6. The Morgan fingerprint density at radius 2 is 1.92 bits per heavy atom. The van der Waals surface area contributed by atoms with E-state index in [1.54, 1.807) is 0 Å². The normalized spacial score (nSPS) is 21.4. The number of aliphatic imine (C=N–C) groups is 1. The van der Waals surface area contributed by atoms with Gasteiger partial charge in [0.25, 0.3) is 0 Å². The van der Waals surface area contributed by atoms with Gasteiger partial charge in [0.1, 0.15) is 0 Å². The maximum absolute atomic E-state index is 9.65. The summed E-state index contributed by atoms with van der Waals surface area (Å²) in [6.45, 7) is 10.3. The molecule has 3 N–H and O–H groups in total. The first-order valence-electron chi connectivity index (χ1n) is 9.21. The quantitative estimate of drug-likeness (QED) is 0.357. The fraction of sp³-hybridized carbons (Fsp3) is 0.650. The number of nitrogens with one attached hydrogen (secondary N) is 2. The summed E-state index contributed by atoms with van der Waals surface area (Å²) in [6.07, 6.45) is 3.65. The third-order valence-electron chi connectivity index (χ3n) is 4.81. The summed E-state index contributed by atoms with van der Waals surface area (Å²) >= 11 is 0. The number of halogens is 1. The number of nitrogens with zero attached hydrogens (tertiary/aromatic N) is 1. The van der Waals surface area contributed by atoms with Gasteiger partial charge in [-0.05, 0) is 45.1 Å². The number of benzene rings is 1. The molecule has 0 saturated heterocycles. The van der Waals surface area contributed by atoms with Gasteiger partial charge >= 0.3 is 0 Å². The third-order valence-corrected chi connectivity index (χ3v) is 4.81. The molecule has 0 bridgehead atoms. The molecular weight excluding hydrogens is 425 g/mol. The minimum absolute atomic E-state index is 0. The average Bonchev–Trinajstić information content (AvgIpc) is 2.55. The Morgan fingerprint density at radius 3 is 2.52 bits per heavy atom. The van der Waals surface area contributed by atoms with E-state index < -0.39 is 0 Å². The number of aliphatic hydroxyl groups is 1. The fourth-order valence-electron chi connectivity index (χ4n) is 3.17. The van der Waals surface area contributed by atoms with Crippen LogP contribution in [0.1, 0.15) is 57.6 Å². The van der Waals surface area contributed by atoms with Gasteiger partial charge in [0.2, 0.25) is 0 Å². The lowest BCUT2D eigenvalue weighted by molar-refractivity contribution is 0.120. The number of aryl methyl sites for hydroxylation is 1. The lowest BCUT2D eigenvalue weighted by atomic mass is 9.84. The summed E-state index contributed by atoms with van der Waals surface area (Å²) in [7, 11) is 0. The summed E-state index contributed by atoms with van der Waals surface area (Å²) in [5, 5.41) is 16.5. The van der Waals surface area contributed by atoms with Crippen molar-refractivity contribution in [2.24, 2.45) is 4.99 Å². The van der Waals surface area contributed by atoms with Gasteiger partial charge in [-0.2, -0.15) is 0 Å². The smallest absolute Gasteiger partial charge is 0.191 e. The first-order chi connectivity index (χ1) is 11.4. The maximum Gasteiger partial charge on any atom is 0.191 e. The maximum atomic E-state index is 9.65. The molecule has 0 unspecified atom stereocenters. The zero-order valence-electron chi connectivity index (χ0n) is 16.0. The lowest BCUT2D eigenvalue weighted by Crippen LogP contribution is -2.45. The van der Waals surface area contributed by atoms with E-state index in [2.05, 4.69) is 62.6 Å². The molecule has 1 aliphatic rings. The topological polar surface area (TPSA) is 56.7 Å². The van der Waals surface area contributed by atoms with Crippen molar-refractivity contribution in [1.82, 2.24) is 10.6 Å². The number of guanidine groups is 1. The SMILES string of the molecule is CCNC(=NCC(C)(C)c1cccc(C)c1)NC1CCC(O)CC1.I. The summed E-state index contributed by atoms with van der Waals surface area (Å²) in [5.41, 5.74) is 2.61. The van der Waals surface area contributed by atoms with Crippen molar-refractivity contribution in [2.45, 2.75) is 70.9 Å². The molecule has 0 atom stereocenters. The van der Waals surface area contributed by atoms with Crippen molar-refractivity contribution in [3.63, 3.8) is 0 Å². The Bertz CT molecular complexity index is 552. The lowest BCUT2D eigenvalue weighted by Gasteiger charge is -2.29. The molecule has 1 fully saturated rings. The van der Waals surface area contributed by atoms with Gasteiger partial charge in [0, 0.05) is 18.0 Å². The summed E-state index contributed by atoms with van der Waals surface area (Å²) in [5.74, 6) is 0.889. The zero-order valence-corrected chi connectivity index (χ0v) is 18.3. The monoisotopic (exact) mass is 459 g/mol. The second-order valence-electron chi connectivity index (χ2n) is 7.60. The van der Waals surface area contributed by atoms with E-state index in [9.17, 15) is 5.11 Å². The van der Waals surface area contributed by atoms with Crippen LogP contribution in [-0.2, 0) is 5.41 Å². The highest BCUT2D eigenvalue weighted by Crippen LogP contribution is 2.24. The van der Waals surface area contributed by atoms with Crippen molar-refractivity contribution in [3.8, 4) is 0 Å². The minimum Gasteiger partial charge on any atom is -0.393 e. The van der Waals surface area contributed by atoms with E-state index in [0.717, 1.165) is 44.7 Å². The Labute approximate surface area is 169 Å². The molecule has 0 amide bonds. The van der Waals surface area contributed by atoms with E-state index >= 15 is 0 Å². The number of hydrogen-bond acceptors (Lipinski definition) is 2. The molecule has 1 aromatic rings. The second kappa shape index (κ2) is 10.4. The Hall–Kier alpha value is -0.820. The summed E-state index contributed by atoms with van der Waals surface area (Å²) in [4.78, 5) is 4.84. The van der Waals surface area contributed by atoms with Gasteiger partial charge in [-0.25, -0.2) is 0 Å². The number of aliphatic hydroxyl groups excluding tert-OH is 1. The van der Waals surface area contributed by atoms with Crippen molar-refractivity contribution in [1.29, 1.82) is 0 Å². The van der Waals surface area contributed by atoms with Gasteiger partial charge in [-0.1, -0.05) is 43.7 Å². The fourth-order valence-corrected chi connectivity index (χ4v) is 3.17. The van der Waals surface area contributed by atoms with Gasteiger partial charge in [0.05, 0.1) is 12.6 Å². The van der Waals surface area contributed by atoms with Crippen LogP contribution in [0.5, 0.6) is 0 Å². The van der Waals surface area contributed by atoms with Crippen LogP contribution in [0.2, 0.25) is 0 Å². The molecule has 142 valence electrons. The molecule has 0 radical (unpaired) electrons. The van der Waals surface area contributed by atoms with Gasteiger partial charge in [-0.15, -0.1) is 24.0 Å². The largest absolute Gasteiger partial charge is 0.393 e. The molecule has 0 aliphatic heterocycles. The van der Waals surface area contributed by atoms with Gasteiger partial charge in [0.15, 0.2) is 5.96 Å². The van der Waals surface area contributed by atoms with E-state index in [0.29, 0.717) is 6.04 Å². The Kier molecular flexibility index (Phi) is 9.21. The average molecular weight is 459 g/mol. The van der Waals surface area contributed by atoms with Gasteiger partial charge in [-0.3, -0.25) is 4.99 Å². The predicted molar refractivity (Wildman–Crippen MR) is 117 cm³/mol. The minimum atomic E-state index is -0.122. The molecule has 0 spiro atoms. The first-order valence-corrected chi connectivity index (χ1v) is 9.21. The molecule has 0 heterocycles. The van der Waals surface area contributed by atoms with Crippen LogP contribution in [0, 0.1) is 6.92 Å². The highest BCUT2D eigenvalue weighted by atomic mass is 127. The van der Waals surface area contributed by atoms with Crippen LogP contribution in [0.25, 0.3) is 0 Å². The van der Waals surface area contributed by atoms with Crippen LogP contribution in [-0.4, -0.2) is 36.3 Å². The van der Waals surface area contributed by atoms with Crippen LogP contribution < -0.4 is 10.6 Å². The van der Waals surface area contributed by atoms with Crippen molar-refractivity contribution >= 4 is 29.9 Å². The molecule has 1 saturated carbocycles. The van der Waals surface area contributed by atoms with Crippen molar-refractivity contribution in [3.05, 3.63) is 35.4 Å².